The van der Waals surface area contributed by atoms with E-state index in [1.165, 1.54) is 5.56 Å². The maximum Gasteiger partial charge on any atom is 0.251 e. The number of likely N-dealkylation sites (N-methyl/N-ethyl adjacent to an activating group) is 1. The molecule has 5 nitrogen and oxygen atoms in total. The number of ether oxygens (including phenoxy) is 1. The van der Waals surface area contributed by atoms with Crippen molar-refractivity contribution in [3.63, 3.8) is 0 Å². The predicted molar refractivity (Wildman–Crippen MR) is 111 cm³/mol. The average Bonchev–Trinajstić information content (AvgIpc) is 3.32. The van der Waals surface area contributed by atoms with E-state index in [9.17, 15) is 4.79 Å². The van der Waals surface area contributed by atoms with Gasteiger partial charge >= 0.3 is 0 Å². The van der Waals surface area contributed by atoms with Gasteiger partial charge < -0.3 is 15.0 Å². The molecule has 0 saturated heterocycles. The molecule has 0 fully saturated rings. The third kappa shape index (κ3) is 5.38. The van der Waals surface area contributed by atoms with Crippen LogP contribution in [-0.4, -0.2) is 36.4 Å². The number of benzene rings is 1. The molecule has 142 valence electrons. The van der Waals surface area contributed by atoms with Crippen LogP contribution in [0.3, 0.4) is 0 Å². The third-order valence-corrected chi connectivity index (χ3v) is 5.68. The van der Waals surface area contributed by atoms with Crippen molar-refractivity contribution in [1.82, 2.24) is 15.2 Å². The number of rotatable bonds is 8. The standard InChI is InChI=1S/C20H23N3O2S2/c1-14-22-17(13-27-14)11-25-18-6-4-5-15(9-18)20(24)21-10-19(23(2)3)16-7-8-26-12-16/h4-9,12-13,19H,10-11H2,1-3H3,(H,21,24). The van der Waals surface area contributed by atoms with E-state index in [2.05, 4.69) is 32.0 Å². The van der Waals surface area contributed by atoms with E-state index in [-0.39, 0.29) is 11.9 Å². The first-order valence-electron chi connectivity index (χ1n) is 8.63. The van der Waals surface area contributed by atoms with Crippen molar-refractivity contribution >= 4 is 28.6 Å². The highest BCUT2D eigenvalue weighted by Gasteiger charge is 2.16. The normalized spacial score (nSPS) is 12.1. The van der Waals surface area contributed by atoms with Crippen molar-refractivity contribution in [3.8, 4) is 5.75 Å². The highest BCUT2D eigenvalue weighted by Crippen LogP contribution is 2.21. The molecule has 0 radical (unpaired) electrons. The zero-order valence-electron chi connectivity index (χ0n) is 15.6. The molecule has 0 aliphatic carbocycles. The van der Waals surface area contributed by atoms with Crippen molar-refractivity contribution in [2.45, 2.75) is 19.6 Å². The molecule has 0 aliphatic rings. The fourth-order valence-corrected chi connectivity index (χ4v) is 4.02. The van der Waals surface area contributed by atoms with Crippen LogP contribution in [0.15, 0.2) is 46.5 Å². The minimum atomic E-state index is -0.105. The second-order valence-corrected chi connectivity index (χ2v) is 8.26. The molecule has 1 atom stereocenters. The number of hydrogen-bond donors (Lipinski definition) is 1. The Kier molecular flexibility index (Phi) is 6.60. The summed E-state index contributed by atoms with van der Waals surface area (Å²) < 4.78 is 5.78. The summed E-state index contributed by atoms with van der Waals surface area (Å²) in [6.45, 7) is 2.91. The lowest BCUT2D eigenvalue weighted by Crippen LogP contribution is -2.34. The first kappa shape index (κ1) is 19.5. The van der Waals surface area contributed by atoms with E-state index in [4.69, 9.17) is 4.74 Å². The van der Waals surface area contributed by atoms with Crippen LogP contribution in [0.2, 0.25) is 0 Å². The number of carbonyl (C=O) groups is 1. The Morgan fingerprint density at radius 3 is 2.81 bits per heavy atom. The zero-order valence-corrected chi connectivity index (χ0v) is 17.3. The summed E-state index contributed by atoms with van der Waals surface area (Å²) in [5.74, 6) is 0.558. The smallest absolute Gasteiger partial charge is 0.251 e. The quantitative estimate of drug-likeness (QED) is 0.617. The fraction of sp³-hybridized carbons (Fsp3) is 0.300. The van der Waals surface area contributed by atoms with Gasteiger partial charge in [0, 0.05) is 17.5 Å². The van der Waals surface area contributed by atoms with Gasteiger partial charge in [0.05, 0.1) is 16.7 Å². The monoisotopic (exact) mass is 401 g/mol. The molecule has 1 aromatic carbocycles. The molecule has 2 heterocycles. The lowest BCUT2D eigenvalue weighted by Gasteiger charge is -2.24. The summed E-state index contributed by atoms with van der Waals surface area (Å²) in [5.41, 5.74) is 2.70. The van der Waals surface area contributed by atoms with E-state index in [0.717, 1.165) is 10.7 Å². The van der Waals surface area contributed by atoms with Crippen LogP contribution >= 0.6 is 22.7 Å². The predicted octanol–water partition coefficient (Wildman–Crippen LogP) is 4.12. The van der Waals surface area contributed by atoms with E-state index < -0.39 is 0 Å². The number of carbonyl (C=O) groups excluding carboxylic acids is 1. The Labute approximate surface area is 167 Å². The van der Waals surface area contributed by atoms with Crippen molar-refractivity contribution in [2.75, 3.05) is 20.6 Å². The second kappa shape index (κ2) is 9.12. The molecule has 1 amide bonds. The highest BCUT2D eigenvalue weighted by atomic mass is 32.1. The highest BCUT2D eigenvalue weighted by molar-refractivity contribution is 7.09. The van der Waals surface area contributed by atoms with Crippen molar-refractivity contribution in [2.24, 2.45) is 0 Å². The number of nitrogens with one attached hydrogen (secondary N) is 1. The summed E-state index contributed by atoms with van der Waals surface area (Å²) in [6.07, 6.45) is 0. The minimum Gasteiger partial charge on any atom is -0.487 e. The molecule has 0 aliphatic heterocycles. The van der Waals surface area contributed by atoms with Gasteiger partial charge in [-0.3, -0.25) is 4.79 Å². The largest absolute Gasteiger partial charge is 0.487 e. The number of aryl methyl sites for hydroxylation is 1. The molecule has 2 aromatic heterocycles. The molecule has 1 unspecified atom stereocenters. The van der Waals surface area contributed by atoms with Gasteiger partial charge in [-0.15, -0.1) is 11.3 Å². The topological polar surface area (TPSA) is 54.5 Å². The van der Waals surface area contributed by atoms with Gasteiger partial charge in [0.2, 0.25) is 0 Å². The third-order valence-electron chi connectivity index (χ3n) is 4.16. The summed E-state index contributed by atoms with van der Waals surface area (Å²) in [4.78, 5) is 19.1. The van der Waals surface area contributed by atoms with Crippen molar-refractivity contribution < 1.29 is 9.53 Å². The molecule has 3 aromatic rings. The van der Waals surface area contributed by atoms with Gasteiger partial charge in [0.15, 0.2) is 0 Å². The molecular formula is C20H23N3O2S2. The lowest BCUT2D eigenvalue weighted by molar-refractivity contribution is 0.0941. The van der Waals surface area contributed by atoms with Crippen LogP contribution in [0.1, 0.15) is 32.7 Å². The van der Waals surface area contributed by atoms with E-state index >= 15 is 0 Å². The van der Waals surface area contributed by atoms with E-state index in [0.29, 0.717) is 24.5 Å². The van der Waals surface area contributed by atoms with Gasteiger partial charge in [-0.25, -0.2) is 4.98 Å². The van der Waals surface area contributed by atoms with Crippen LogP contribution in [0.25, 0.3) is 0 Å². The summed E-state index contributed by atoms with van der Waals surface area (Å²) in [6, 6.07) is 9.49. The van der Waals surface area contributed by atoms with E-state index in [1.807, 2.05) is 38.5 Å². The maximum absolute atomic E-state index is 12.6. The summed E-state index contributed by atoms with van der Waals surface area (Å²) in [7, 11) is 4.03. The Bertz CT molecular complexity index is 875. The van der Waals surface area contributed by atoms with Crippen molar-refractivity contribution in [3.05, 3.63) is 68.3 Å². The number of thiophene rings is 1. The Morgan fingerprint density at radius 2 is 2.15 bits per heavy atom. The molecule has 0 spiro atoms. The van der Waals surface area contributed by atoms with Crippen LogP contribution in [-0.2, 0) is 6.61 Å². The van der Waals surface area contributed by atoms with E-state index in [1.54, 1.807) is 34.8 Å². The van der Waals surface area contributed by atoms with Gasteiger partial charge in [0.1, 0.15) is 12.4 Å². The molecule has 7 heteroatoms. The molecule has 0 bridgehead atoms. The molecule has 1 N–H and O–H groups in total. The van der Waals surface area contributed by atoms with Crippen molar-refractivity contribution in [1.29, 1.82) is 0 Å². The number of nitrogens with zero attached hydrogens (tertiary/aromatic N) is 2. The maximum atomic E-state index is 12.6. The molecule has 27 heavy (non-hydrogen) atoms. The van der Waals surface area contributed by atoms with Crippen LogP contribution in [0, 0.1) is 6.92 Å². The SMILES string of the molecule is Cc1nc(COc2cccc(C(=O)NCC(c3ccsc3)N(C)C)c2)cs1. The van der Waals surface area contributed by atoms with Gasteiger partial charge in [-0.2, -0.15) is 11.3 Å². The van der Waals surface area contributed by atoms with Crippen LogP contribution in [0.4, 0.5) is 0 Å². The Morgan fingerprint density at radius 1 is 1.30 bits per heavy atom. The first-order valence-corrected chi connectivity index (χ1v) is 10.5. The van der Waals surface area contributed by atoms with Crippen LogP contribution < -0.4 is 10.1 Å². The number of thiazole rings is 1. The molecular weight excluding hydrogens is 378 g/mol. The zero-order chi connectivity index (χ0) is 19.2. The second-order valence-electron chi connectivity index (χ2n) is 6.42. The fourth-order valence-electron chi connectivity index (χ4n) is 2.71. The van der Waals surface area contributed by atoms with Gasteiger partial charge in [0.25, 0.3) is 5.91 Å². The summed E-state index contributed by atoms with van der Waals surface area (Å²) in [5, 5.41) is 10.2. The van der Waals surface area contributed by atoms with Crippen LogP contribution in [0.5, 0.6) is 5.75 Å². The number of amides is 1. The molecule has 3 rings (SSSR count). The number of aromatic nitrogens is 1. The Balaban J connectivity index is 1.59. The first-order chi connectivity index (χ1) is 13.0. The van der Waals surface area contributed by atoms with Gasteiger partial charge in [-0.05, 0) is 61.6 Å². The average molecular weight is 402 g/mol. The minimum absolute atomic E-state index is 0.105. The Hall–Kier alpha value is -2.22. The lowest BCUT2D eigenvalue weighted by atomic mass is 10.1. The number of hydrogen-bond acceptors (Lipinski definition) is 6. The van der Waals surface area contributed by atoms with Gasteiger partial charge in [-0.1, -0.05) is 6.07 Å². The molecule has 0 saturated carbocycles. The summed E-state index contributed by atoms with van der Waals surface area (Å²) >= 11 is 3.26.